The predicted molar refractivity (Wildman–Crippen MR) is 94.8 cm³/mol. The topological polar surface area (TPSA) is 88.1 Å². The summed E-state index contributed by atoms with van der Waals surface area (Å²) in [6.07, 6.45) is 5.46. The molecule has 126 valence electrons. The van der Waals surface area contributed by atoms with Gasteiger partial charge in [-0.3, -0.25) is 5.10 Å². The Morgan fingerprint density at radius 1 is 1.24 bits per heavy atom. The molecule has 0 fully saturated rings. The van der Waals surface area contributed by atoms with Gasteiger partial charge in [0.25, 0.3) is 0 Å². The second kappa shape index (κ2) is 5.57. The molecule has 25 heavy (non-hydrogen) atoms. The molecule has 1 atom stereocenters. The lowest BCUT2D eigenvalue weighted by atomic mass is 9.92. The Morgan fingerprint density at radius 2 is 2.16 bits per heavy atom. The van der Waals surface area contributed by atoms with E-state index >= 15 is 0 Å². The third-order valence-electron chi connectivity index (χ3n) is 4.88. The highest BCUT2D eigenvalue weighted by atomic mass is 35.5. The van der Waals surface area contributed by atoms with Gasteiger partial charge in [0, 0.05) is 40.9 Å². The van der Waals surface area contributed by atoms with E-state index in [2.05, 4.69) is 35.4 Å². The molecule has 5 rings (SSSR count). The summed E-state index contributed by atoms with van der Waals surface area (Å²) in [4.78, 5) is 0. The summed E-state index contributed by atoms with van der Waals surface area (Å²) in [6.45, 7) is 0.822. The molecule has 0 spiro atoms. The Balaban J connectivity index is 1.77. The van der Waals surface area contributed by atoms with Crippen molar-refractivity contribution in [3.05, 3.63) is 46.1 Å². The number of H-pyrrole nitrogens is 2. The zero-order chi connectivity index (χ0) is 17.0. The second-order valence-corrected chi connectivity index (χ2v) is 6.96. The summed E-state index contributed by atoms with van der Waals surface area (Å²) in [7, 11) is 0. The molecule has 0 unspecified atom stereocenters. The van der Waals surface area contributed by atoms with Gasteiger partial charge in [-0.1, -0.05) is 34.5 Å². The number of aryl methyl sites for hydroxylation is 1. The van der Waals surface area contributed by atoms with Crippen molar-refractivity contribution in [1.29, 1.82) is 0 Å². The second-order valence-electron chi connectivity index (χ2n) is 6.18. The van der Waals surface area contributed by atoms with E-state index in [1.165, 1.54) is 5.69 Å². The number of aromatic amines is 2. The molecule has 2 N–H and O–H groups in total. The number of hydrogen-bond acceptors (Lipinski definition) is 4. The van der Waals surface area contributed by atoms with Crippen LogP contribution in [0, 0.1) is 0 Å². The van der Waals surface area contributed by atoms with Crippen LogP contribution in [0.5, 0.6) is 0 Å². The largest absolute Gasteiger partial charge is 0.343 e. The van der Waals surface area contributed by atoms with Crippen LogP contribution < -0.4 is 0 Å². The number of aromatic nitrogens is 7. The van der Waals surface area contributed by atoms with Crippen molar-refractivity contribution in [3.63, 3.8) is 0 Å². The van der Waals surface area contributed by atoms with Crippen LogP contribution in [-0.2, 0) is 13.0 Å². The van der Waals surface area contributed by atoms with Crippen molar-refractivity contribution in [2.45, 2.75) is 25.3 Å². The number of tetrazole rings is 1. The number of benzene rings is 1. The van der Waals surface area contributed by atoms with Gasteiger partial charge in [0.15, 0.2) is 5.82 Å². The molecule has 0 bridgehead atoms. The fourth-order valence-electron chi connectivity index (χ4n) is 3.78. The fraction of sp³-hybridized carbons (Fsp3) is 0.250. The number of fused-ring (bicyclic) bond motifs is 3. The third-order valence-corrected chi connectivity index (χ3v) is 5.67. The standard InChI is InChI=1S/C16H13Cl2N7/c17-11-2-1-10-13(9-6-19-20-7-9)12-5-8(16-21-23-24-22-16)3-4-25(12)15(10)14(11)18/h1-2,6-8H,3-5H2,(H,19,20)(H,21,22,23,24)/t8-/m0/s1. The van der Waals surface area contributed by atoms with Crippen molar-refractivity contribution in [2.24, 2.45) is 0 Å². The van der Waals surface area contributed by atoms with Crippen LogP contribution in [0.15, 0.2) is 24.5 Å². The van der Waals surface area contributed by atoms with E-state index in [1.807, 2.05) is 24.5 Å². The number of nitrogens with one attached hydrogen (secondary N) is 2. The maximum absolute atomic E-state index is 6.56. The summed E-state index contributed by atoms with van der Waals surface area (Å²) in [6, 6.07) is 3.87. The van der Waals surface area contributed by atoms with E-state index in [4.69, 9.17) is 23.2 Å². The molecule has 0 amide bonds. The van der Waals surface area contributed by atoms with Gasteiger partial charge in [-0.15, -0.1) is 10.2 Å². The van der Waals surface area contributed by atoms with Crippen LogP contribution in [0.3, 0.4) is 0 Å². The van der Waals surface area contributed by atoms with Gasteiger partial charge in [0.2, 0.25) is 0 Å². The van der Waals surface area contributed by atoms with Crippen molar-refractivity contribution in [2.75, 3.05) is 0 Å². The molecule has 1 aromatic carbocycles. The van der Waals surface area contributed by atoms with Crippen LogP contribution >= 0.6 is 23.2 Å². The summed E-state index contributed by atoms with van der Waals surface area (Å²) < 4.78 is 2.27. The van der Waals surface area contributed by atoms with Crippen LogP contribution in [0.2, 0.25) is 10.0 Å². The first-order valence-corrected chi connectivity index (χ1v) is 8.71. The van der Waals surface area contributed by atoms with Crippen molar-refractivity contribution in [3.8, 4) is 11.1 Å². The van der Waals surface area contributed by atoms with Gasteiger partial charge in [0.05, 0.1) is 21.8 Å². The lowest BCUT2D eigenvalue weighted by molar-refractivity contribution is 0.468. The lowest BCUT2D eigenvalue weighted by Gasteiger charge is -2.23. The number of halogens is 2. The van der Waals surface area contributed by atoms with Crippen LogP contribution in [-0.4, -0.2) is 35.4 Å². The number of hydrogen-bond donors (Lipinski definition) is 2. The molecule has 0 radical (unpaired) electrons. The zero-order valence-corrected chi connectivity index (χ0v) is 14.5. The quantitative estimate of drug-likeness (QED) is 0.561. The van der Waals surface area contributed by atoms with Gasteiger partial charge < -0.3 is 4.57 Å². The minimum absolute atomic E-state index is 0.218. The van der Waals surface area contributed by atoms with Crippen molar-refractivity contribution >= 4 is 34.1 Å². The molecule has 4 aromatic rings. The summed E-state index contributed by atoms with van der Waals surface area (Å²) in [5.74, 6) is 0.967. The Labute approximate surface area is 152 Å². The van der Waals surface area contributed by atoms with E-state index in [0.717, 1.165) is 47.2 Å². The molecule has 4 heterocycles. The van der Waals surface area contributed by atoms with Gasteiger partial charge >= 0.3 is 0 Å². The Morgan fingerprint density at radius 3 is 2.92 bits per heavy atom. The Hall–Kier alpha value is -2.38. The first-order chi connectivity index (χ1) is 12.2. The number of nitrogens with zero attached hydrogens (tertiary/aromatic N) is 5. The molecule has 0 saturated heterocycles. The summed E-state index contributed by atoms with van der Waals surface area (Å²) >= 11 is 12.8. The first kappa shape index (κ1) is 14.9. The maximum atomic E-state index is 6.56. The lowest BCUT2D eigenvalue weighted by Crippen LogP contribution is -2.19. The van der Waals surface area contributed by atoms with Gasteiger partial charge in [-0.05, 0) is 18.9 Å². The van der Waals surface area contributed by atoms with E-state index in [1.54, 1.807) is 0 Å². The minimum atomic E-state index is 0.218. The normalized spacial score (nSPS) is 17.1. The summed E-state index contributed by atoms with van der Waals surface area (Å²) in [5, 5.41) is 23.8. The molecule has 1 aliphatic rings. The number of rotatable bonds is 2. The van der Waals surface area contributed by atoms with E-state index < -0.39 is 0 Å². The first-order valence-electron chi connectivity index (χ1n) is 7.95. The molecule has 0 aliphatic carbocycles. The van der Waals surface area contributed by atoms with Crippen LogP contribution in [0.4, 0.5) is 0 Å². The molecule has 9 heteroatoms. The molecule has 1 aliphatic heterocycles. The molecular weight excluding hydrogens is 361 g/mol. The fourth-order valence-corrected chi connectivity index (χ4v) is 4.20. The van der Waals surface area contributed by atoms with Gasteiger partial charge in [0.1, 0.15) is 0 Å². The van der Waals surface area contributed by atoms with Gasteiger partial charge in [-0.2, -0.15) is 10.3 Å². The zero-order valence-electron chi connectivity index (χ0n) is 13.0. The third kappa shape index (κ3) is 2.19. The molecule has 0 saturated carbocycles. The van der Waals surface area contributed by atoms with E-state index in [0.29, 0.717) is 10.0 Å². The average molecular weight is 374 g/mol. The average Bonchev–Trinajstić information content (AvgIpc) is 3.36. The Bertz CT molecular complexity index is 1050. The van der Waals surface area contributed by atoms with Crippen LogP contribution in [0.25, 0.3) is 22.0 Å². The highest BCUT2D eigenvalue weighted by molar-refractivity contribution is 6.45. The smallest absolute Gasteiger partial charge is 0.178 e. The van der Waals surface area contributed by atoms with Crippen molar-refractivity contribution in [1.82, 2.24) is 35.4 Å². The molecular formula is C16H13Cl2N7. The summed E-state index contributed by atoms with van der Waals surface area (Å²) in [5.41, 5.74) is 4.34. The SMILES string of the molecule is Clc1ccc2c(-c3cn[nH]c3)c3n(c2c1Cl)CC[C@H](c1nn[nH]n1)C3. The maximum Gasteiger partial charge on any atom is 0.178 e. The van der Waals surface area contributed by atoms with Gasteiger partial charge in [-0.25, -0.2) is 0 Å². The molecule has 3 aromatic heterocycles. The minimum Gasteiger partial charge on any atom is -0.343 e. The van der Waals surface area contributed by atoms with E-state index in [-0.39, 0.29) is 5.92 Å². The Kier molecular flexibility index (Phi) is 3.33. The highest BCUT2D eigenvalue weighted by Crippen LogP contribution is 2.44. The van der Waals surface area contributed by atoms with E-state index in [9.17, 15) is 0 Å². The van der Waals surface area contributed by atoms with Crippen LogP contribution in [0.1, 0.15) is 23.9 Å². The monoisotopic (exact) mass is 373 g/mol. The molecule has 7 nitrogen and oxygen atoms in total. The van der Waals surface area contributed by atoms with Crippen molar-refractivity contribution < 1.29 is 0 Å². The highest BCUT2D eigenvalue weighted by Gasteiger charge is 2.30. The predicted octanol–water partition coefficient (Wildman–Crippen LogP) is 3.58.